The van der Waals surface area contributed by atoms with Crippen LogP contribution in [-0.4, -0.2) is 96.7 Å². The lowest BCUT2D eigenvalue weighted by atomic mass is 9.99. The van der Waals surface area contributed by atoms with Gasteiger partial charge in [0.2, 0.25) is 0 Å². The second-order valence-corrected chi connectivity index (χ2v) is 30.2. The Morgan fingerprint density at radius 1 is 0.311 bits per heavy atom. The summed E-state index contributed by atoms with van der Waals surface area (Å²) in [6.07, 6.45) is 43.7. The molecule has 90 heavy (non-hydrogen) atoms. The van der Waals surface area contributed by atoms with E-state index in [0.717, 1.165) is 109 Å². The molecule has 0 bridgehead atoms. The molecule has 0 spiro atoms. The smallest absolute Gasteiger partial charge is 0.462 e. The lowest BCUT2D eigenvalue weighted by molar-refractivity contribution is -0.161. The van der Waals surface area contributed by atoms with Gasteiger partial charge in [0.1, 0.15) is 19.3 Å². The van der Waals surface area contributed by atoms with Crippen molar-refractivity contribution in [3.05, 3.63) is 0 Å². The van der Waals surface area contributed by atoms with Gasteiger partial charge in [0.25, 0.3) is 0 Å². The molecule has 3 unspecified atom stereocenters. The Morgan fingerprint density at radius 2 is 0.533 bits per heavy atom. The maximum atomic E-state index is 13.0. The number of rotatable bonds is 68. The molecule has 0 radical (unpaired) electrons. The van der Waals surface area contributed by atoms with Gasteiger partial charge < -0.3 is 33.8 Å². The van der Waals surface area contributed by atoms with Crippen molar-refractivity contribution in [1.82, 2.24) is 0 Å². The molecule has 3 N–H and O–H groups in total. The van der Waals surface area contributed by atoms with Gasteiger partial charge in [-0.1, -0.05) is 299 Å². The lowest BCUT2D eigenvalue weighted by Crippen LogP contribution is -2.30. The summed E-state index contributed by atoms with van der Waals surface area (Å²) in [6.45, 7) is 14.0. The van der Waals surface area contributed by atoms with E-state index in [9.17, 15) is 43.2 Å². The summed E-state index contributed by atoms with van der Waals surface area (Å²) in [5, 5.41) is 10.6. The number of hydrogen-bond acceptors (Lipinski definition) is 15. The minimum absolute atomic E-state index is 0.102. The average molecular weight is 1330 g/mol. The van der Waals surface area contributed by atoms with Crippen LogP contribution >= 0.6 is 15.6 Å². The van der Waals surface area contributed by atoms with E-state index < -0.39 is 97.5 Å². The number of carbonyl (C=O) groups is 4. The van der Waals surface area contributed by atoms with E-state index in [-0.39, 0.29) is 25.7 Å². The third-order valence-corrected chi connectivity index (χ3v) is 18.6. The molecular weight excluding hydrogens is 1190 g/mol. The Morgan fingerprint density at radius 3 is 0.789 bits per heavy atom. The molecule has 0 heterocycles. The summed E-state index contributed by atoms with van der Waals surface area (Å²) in [5.41, 5.74) is 0. The molecule has 0 amide bonds. The SMILES string of the molecule is CCC(C)CCCCCCCCCCCCCCCCCCCCC(=O)O[C@H](COC(=O)CCCCCCCCC(C)C)COP(=O)(O)OC[C@@H](O)COP(=O)(O)OC[C@@H](COC(=O)CCCCCCCCC(C)C)OC(=O)CCCCCCCCCC(C)C. The molecule has 0 aromatic heterocycles. The molecule has 0 aliphatic carbocycles. The Labute approximate surface area is 549 Å². The summed E-state index contributed by atoms with van der Waals surface area (Å²) in [4.78, 5) is 72.4. The van der Waals surface area contributed by atoms with Gasteiger partial charge in [-0.15, -0.1) is 0 Å². The quantitative estimate of drug-likeness (QED) is 0.0222. The van der Waals surface area contributed by atoms with E-state index in [4.69, 9.17) is 37.0 Å². The molecule has 0 saturated carbocycles. The first kappa shape index (κ1) is 88.1. The minimum atomic E-state index is -4.95. The number of aliphatic hydroxyl groups excluding tert-OH is 1. The Kier molecular flexibility index (Phi) is 59.4. The maximum Gasteiger partial charge on any atom is 0.472 e. The summed E-state index contributed by atoms with van der Waals surface area (Å²) in [6, 6.07) is 0. The van der Waals surface area contributed by atoms with Crippen molar-refractivity contribution in [2.75, 3.05) is 39.6 Å². The number of esters is 4. The molecule has 17 nitrogen and oxygen atoms in total. The molecule has 0 aliphatic rings. The first-order valence-corrected chi connectivity index (χ1v) is 39.7. The van der Waals surface area contributed by atoms with Crippen molar-refractivity contribution in [3.63, 3.8) is 0 Å². The van der Waals surface area contributed by atoms with E-state index in [0.29, 0.717) is 43.4 Å². The van der Waals surface area contributed by atoms with Crippen LogP contribution in [0.3, 0.4) is 0 Å². The highest BCUT2D eigenvalue weighted by molar-refractivity contribution is 7.47. The Balaban J connectivity index is 5.11. The van der Waals surface area contributed by atoms with E-state index in [2.05, 4.69) is 55.4 Å². The van der Waals surface area contributed by atoms with Crippen LogP contribution in [0.25, 0.3) is 0 Å². The molecule has 0 rings (SSSR count). The topological polar surface area (TPSA) is 237 Å². The number of ether oxygens (including phenoxy) is 4. The van der Waals surface area contributed by atoms with Crippen LogP contribution in [0.2, 0.25) is 0 Å². The van der Waals surface area contributed by atoms with Crippen LogP contribution in [0.4, 0.5) is 0 Å². The Hall–Kier alpha value is -1.94. The van der Waals surface area contributed by atoms with E-state index in [1.54, 1.807) is 0 Å². The second kappa shape index (κ2) is 60.7. The van der Waals surface area contributed by atoms with Crippen LogP contribution in [0.15, 0.2) is 0 Å². The van der Waals surface area contributed by atoms with Gasteiger partial charge >= 0.3 is 39.5 Å². The zero-order chi connectivity index (χ0) is 66.8. The molecule has 0 saturated heterocycles. The largest absolute Gasteiger partial charge is 0.472 e. The molecule has 534 valence electrons. The summed E-state index contributed by atoms with van der Waals surface area (Å²) >= 11 is 0. The van der Waals surface area contributed by atoms with Gasteiger partial charge in [0, 0.05) is 25.7 Å². The van der Waals surface area contributed by atoms with Gasteiger partial charge in [-0.05, 0) is 49.4 Å². The van der Waals surface area contributed by atoms with Gasteiger partial charge in [-0.3, -0.25) is 37.3 Å². The van der Waals surface area contributed by atoms with Crippen LogP contribution in [-0.2, 0) is 65.4 Å². The molecule has 0 aromatic carbocycles. The highest BCUT2D eigenvalue weighted by atomic mass is 31.2. The standard InChI is InChI=1S/C71H138O17P2/c1-9-64(8)50-42-34-24-20-18-16-14-12-10-11-13-15-17-19-21-25-37-45-53-70(75)87-66(57-81-68(73)51-43-35-29-27-32-40-48-62(4)5)59-85-89(77,78)83-55-65(72)56-84-90(79,80)86-60-67(58-82-69(74)52-44-36-30-28-33-41-49-63(6)7)88-71(76)54-46-38-26-22-23-31-39-47-61(2)3/h61-67,72H,9-60H2,1-8H3,(H,77,78)(H,79,80)/t64?,65-,66-,67-/m1/s1. The van der Waals surface area contributed by atoms with Crippen molar-refractivity contribution in [2.45, 2.75) is 369 Å². The maximum absolute atomic E-state index is 13.0. The predicted octanol–water partition coefficient (Wildman–Crippen LogP) is 20.1. The van der Waals surface area contributed by atoms with Crippen molar-refractivity contribution in [2.24, 2.45) is 23.7 Å². The Bertz CT molecular complexity index is 1780. The van der Waals surface area contributed by atoms with Crippen LogP contribution in [0, 0.1) is 23.7 Å². The average Bonchev–Trinajstić information content (AvgIpc) is 3.34. The molecule has 0 aromatic rings. The summed E-state index contributed by atoms with van der Waals surface area (Å²) < 4.78 is 68.1. The highest BCUT2D eigenvalue weighted by Crippen LogP contribution is 2.45. The van der Waals surface area contributed by atoms with Crippen molar-refractivity contribution in [3.8, 4) is 0 Å². The third-order valence-electron chi connectivity index (χ3n) is 16.7. The number of aliphatic hydroxyl groups is 1. The third kappa shape index (κ3) is 63.5. The van der Waals surface area contributed by atoms with Gasteiger partial charge in [-0.2, -0.15) is 0 Å². The number of unbranched alkanes of at least 4 members (excludes halogenated alkanes) is 33. The van der Waals surface area contributed by atoms with Crippen LogP contribution in [0.1, 0.15) is 351 Å². The zero-order valence-electron chi connectivity index (χ0n) is 58.8. The van der Waals surface area contributed by atoms with Gasteiger partial charge in [0.05, 0.1) is 26.4 Å². The predicted molar refractivity (Wildman–Crippen MR) is 363 cm³/mol. The summed E-state index contributed by atoms with van der Waals surface area (Å²) in [7, 11) is -9.90. The second-order valence-electron chi connectivity index (χ2n) is 27.3. The summed E-state index contributed by atoms with van der Waals surface area (Å²) in [5.74, 6) is 0.790. The molecule has 0 fully saturated rings. The molecule has 19 heteroatoms. The number of hydrogen-bond donors (Lipinski definition) is 3. The molecular formula is C71H138O17P2. The fraction of sp³-hybridized carbons (Fsp3) is 0.944. The number of phosphoric acid groups is 2. The normalized spacial score (nSPS) is 14.6. The van der Waals surface area contributed by atoms with E-state index in [1.807, 2.05) is 0 Å². The van der Waals surface area contributed by atoms with Gasteiger partial charge in [0.15, 0.2) is 12.2 Å². The highest BCUT2D eigenvalue weighted by Gasteiger charge is 2.30. The first-order chi connectivity index (χ1) is 43.1. The lowest BCUT2D eigenvalue weighted by Gasteiger charge is -2.21. The number of phosphoric ester groups is 2. The van der Waals surface area contributed by atoms with Crippen LogP contribution < -0.4 is 0 Å². The first-order valence-electron chi connectivity index (χ1n) is 36.7. The van der Waals surface area contributed by atoms with Crippen molar-refractivity contribution in [1.29, 1.82) is 0 Å². The minimum Gasteiger partial charge on any atom is -0.462 e. The number of carbonyl (C=O) groups excluding carboxylic acids is 4. The molecule has 6 atom stereocenters. The molecule has 0 aliphatic heterocycles. The zero-order valence-corrected chi connectivity index (χ0v) is 60.6. The van der Waals surface area contributed by atoms with E-state index in [1.165, 1.54) is 141 Å². The van der Waals surface area contributed by atoms with E-state index >= 15 is 0 Å². The monoisotopic (exact) mass is 1320 g/mol. The fourth-order valence-corrected chi connectivity index (χ4v) is 12.2. The fourth-order valence-electron chi connectivity index (χ4n) is 10.6. The van der Waals surface area contributed by atoms with Crippen molar-refractivity contribution < 1.29 is 80.2 Å². The van der Waals surface area contributed by atoms with Crippen LogP contribution in [0.5, 0.6) is 0 Å². The van der Waals surface area contributed by atoms with Crippen molar-refractivity contribution >= 4 is 39.5 Å². The van der Waals surface area contributed by atoms with Gasteiger partial charge in [-0.25, -0.2) is 9.13 Å².